The molecule has 1 nitrogen and oxygen atoms in total. The molecule has 0 radical (unpaired) electrons. The molecule has 0 aliphatic heterocycles. The Hall–Kier alpha value is -0.670. The van der Waals surface area contributed by atoms with E-state index in [9.17, 15) is 4.39 Å². The van der Waals surface area contributed by atoms with Crippen molar-refractivity contribution < 1.29 is 4.39 Å². The van der Waals surface area contributed by atoms with E-state index in [2.05, 4.69) is 5.32 Å². The lowest BCUT2D eigenvalue weighted by molar-refractivity contribution is 0.628. The van der Waals surface area contributed by atoms with Gasteiger partial charge in [0.15, 0.2) is 5.82 Å². The van der Waals surface area contributed by atoms with Crippen LogP contribution >= 0.6 is 46.4 Å². The van der Waals surface area contributed by atoms with Gasteiger partial charge in [-0.2, -0.15) is 0 Å². The van der Waals surface area contributed by atoms with Crippen LogP contribution < -0.4 is 5.32 Å². The van der Waals surface area contributed by atoms with E-state index in [-0.39, 0.29) is 16.1 Å². The molecule has 0 fully saturated rings. The molecule has 2 rings (SSSR count). The third kappa shape index (κ3) is 3.95. The molecule has 0 aliphatic rings. The quantitative estimate of drug-likeness (QED) is 0.574. The number of anilines is 1. The second-order valence-electron chi connectivity index (χ2n) is 4.53. The Bertz CT molecular complexity index is 637. The van der Waals surface area contributed by atoms with Gasteiger partial charge >= 0.3 is 0 Å². The van der Waals surface area contributed by atoms with Gasteiger partial charge in [-0.25, -0.2) is 4.39 Å². The van der Waals surface area contributed by atoms with E-state index in [0.29, 0.717) is 15.7 Å². The fourth-order valence-corrected chi connectivity index (χ4v) is 2.78. The summed E-state index contributed by atoms with van der Waals surface area (Å²) in [7, 11) is 0. The van der Waals surface area contributed by atoms with Crippen LogP contribution in [0.5, 0.6) is 0 Å². The van der Waals surface area contributed by atoms with E-state index in [1.807, 2.05) is 13.0 Å². The zero-order valence-electron chi connectivity index (χ0n) is 11.1. The molecule has 0 spiro atoms. The highest BCUT2D eigenvalue weighted by molar-refractivity contribution is 6.42. The lowest BCUT2D eigenvalue weighted by atomic mass is 10.0. The zero-order valence-corrected chi connectivity index (χ0v) is 14.1. The summed E-state index contributed by atoms with van der Waals surface area (Å²) in [6, 6.07) is 8.43. The summed E-state index contributed by atoms with van der Waals surface area (Å²) >= 11 is 23.6. The largest absolute Gasteiger partial charge is 0.378 e. The summed E-state index contributed by atoms with van der Waals surface area (Å²) in [6.07, 6.45) is 0.796. The Balaban J connectivity index is 2.28. The van der Waals surface area contributed by atoms with Crippen molar-refractivity contribution in [1.82, 2.24) is 0 Å². The van der Waals surface area contributed by atoms with E-state index in [4.69, 9.17) is 46.4 Å². The molecule has 112 valence electrons. The number of nitrogens with one attached hydrogen (secondary N) is 1. The monoisotopic (exact) mass is 365 g/mol. The predicted octanol–water partition coefficient (Wildman–Crippen LogP) is 7.00. The summed E-state index contributed by atoms with van der Waals surface area (Å²) in [5.41, 5.74) is 1.62. The molecule has 0 amide bonds. The van der Waals surface area contributed by atoms with Crippen LogP contribution in [-0.4, -0.2) is 0 Å². The van der Waals surface area contributed by atoms with Gasteiger partial charge in [0.05, 0.1) is 26.1 Å². The highest BCUT2D eigenvalue weighted by Crippen LogP contribution is 2.32. The molecular formula is C15H12Cl4FN. The summed E-state index contributed by atoms with van der Waals surface area (Å²) in [5.74, 6) is -0.619. The third-order valence-corrected chi connectivity index (χ3v) is 4.37. The molecule has 0 bridgehead atoms. The van der Waals surface area contributed by atoms with Crippen LogP contribution in [0.15, 0.2) is 30.3 Å². The normalized spacial score (nSPS) is 12.3. The Kier molecular flexibility index (Phi) is 5.61. The first-order valence-electron chi connectivity index (χ1n) is 6.28. The molecule has 1 unspecified atom stereocenters. The fourth-order valence-electron chi connectivity index (χ4n) is 1.99. The summed E-state index contributed by atoms with van der Waals surface area (Å²) in [5, 5.41) is 4.22. The lowest BCUT2D eigenvalue weighted by Crippen LogP contribution is -2.10. The van der Waals surface area contributed by atoms with E-state index < -0.39 is 5.82 Å². The summed E-state index contributed by atoms with van der Waals surface area (Å²) in [6.45, 7) is 2.02. The second kappa shape index (κ2) is 7.06. The zero-order chi connectivity index (χ0) is 15.6. The van der Waals surface area contributed by atoms with Crippen molar-refractivity contribution in [3.05, 3.63) is 61.8 Å². The molecule has 1 atom stereocenters. The van der Waals surface area contributed by atoms with Gasteiger partial charge in [0.1, 0.15) is 0 Å². The van der Waals surface area contributed by atoms with Crippen LogP contribution in [-0.2, 0) is 0 Å². The van der Waals surface area contributed by atoms with Crippen LogP contribution in [0.2, 0.25) is 20.1 Å². The Morgan fingerprint density at radius 2 is 1.57 bits per heavy atom. The Morgan fingerprint density at radius 3 is 2.10 bits per heavy atom. The minimum Gasteiger partial charge on any atom is -0.378 e. The number of rotatable bonds is 4. The second-order valence-corrected chi connectivity index (χ2v) is 6.16. The number of hydrogen-bond acceptors (Lipinski definition) is 1. The number of hydrogen-bond donors (Lipinski definition) is 1. The van der Waals surface area contributed by atoms with Gasteiger partial charge in [-0.1, -0.05) is 59.4 Å². The van der Waals surface area contributed by atoms with Crippen molar-refractivity contribution in [2.75, 3.05) is 5.32 Å². The maximum absolute atomic E-state index is 13.4. The van der Waals surface area contributed by atoms with E-state index in [1.54, 1.807) is 12.1 Å². The minimum atomic E-state index is -0.619. The standard InChI is InChI=1S/C15H12Cl4FN/c1-2-14(8-3-4-10(16)11(17)5-8)21-9-6-12(18)15(20)13(19)7-9/h3-7,14,21H,2H2,1H3. The van der Waals surface area contributed by atoms with E-state index >= 15 is 0 Å². The van der Waals surface area contributed by atoms with Gasteiger partial charge in [0.25, 0.3) is 0 Å². The topological polar surface area (TPSA) is 12.0 Å². The molecule has 2 aromatic carbocycles. The van der Waals surface area contributed by atoms with Crippen LogP contribution in [0.1, 0.15) is 24.9 Å². The molecule has 0 saturated heterocycles. The molecule has 21 heavy (non-hydrogen) atoms. The van der Waals surface area contributed by atoms with Crippen LogP contribution in [0, 0.1) is 5.82 Å². The fraction of sp³-hybridized carbons (Fsp3) is 0.200. The van der Waals surface area contributed by atoms with E-state index in [1.165, 1.54) is 12.1 Å². The third-order valence-electron chi connectivity index (χ3n) is 3.08. The van der Waals surface area contributed by atoms with Gasteiger partial charge in [-0.3, -0.25) is 0 Å². The summed E-state index contributed by atoms with van der Waals surface area (Å²) < 4.78 is 13.4. The molecular weight excluding hydrogens is 355 g/mol. The maximum Gasteiger partial charge on any atom is 0.160 e. The summed E-state index contributed by atoms with van der Waals surface area (Å²) in [4.78, 5) is 0. The van der Waals surface area contributed by atoms with Crippen molar-refractivity contribution >= 4 is 52.1 Å². The molecule has 0 aliphatic carbocycles. The molecule has 0 heterocycles. The molecule has 0 saturated carbocycles. The Morgan fingerprint density at radius 1 is 0.952 bits per heavy atom. The van der Waals surface area contributed by atoms with Crippen LogP contribution in [0.3, 0.4) is 0 Å². The average Bonchev–Trinajstić information content (AvgIpc) is 2.45. The number of halogens is 5. The SMILES string of the molecule is CCC(Nc1cc(Cl)c(F)c(Cl)c1)c1ccc(Cl)c(Cl)c1. The van der Waals surface area contributed by atoms with Crippen molar-refractivity contribution in [3.63, 3.8) is 0 Å². The van der Waals surface area contributed by atoms with Crippen molar-refractivity contribution in [2.45, 2.75) is 19.4 Å². The Labute approximate surface area is 143 Å². The number of benzene rings is 2. The van der Waals surface area contributed by atoms with Crippen LogP contribution in [0.25, 0.3) is 0 Å². The van der Waals surface area contributed by atoms with Gasteiger partial charge < -0.3 is 5.32 Å². The van der Waals surface area contributed by atoms with Gasteiger partial charge in [0.2, 0.25) is 0 Å². The smallest absolute Gasteiger partial charge is 0.160 e. The van der Waals surface area contributed by atoms with Crippen LogP contribution in [0.4, 0.5) is 10.1 Å². The molecule has 0 aromatic heterocycles. The highest BCUT2D eigenvalue weighted by atomic mass is 35.5. The minimum absolute atomic E-state index is 0.0163. The first-order valence-corrected chi connectivity index (χ1v) is 7.79. The van der Waals surface area contributed by atoms with E-state index in [0.717, 1.165) is 12.0 Å². The van der Waals surface area contributed by atoms with Crippen molar-refractivity contribution in [3.8, 4) is 0 Å². The predicted molar refractivity (Wildman–Crippen MR) is 89.5 cm³/mol. The van der Waals surface area contributed by atoms with Crippen molar-refractivity contribution in [2.24, 2.45) is 0 Å². The highest BCUT2D eigenvalue weighted by Gasteiger charge is 2.13. The lowest BCUT2D eigenvalue weighted by Gasteiger charge is -2.20. The first kappa shape index (κ1) is 16.7. The van der Waals surface area contributed by atoms with Gasteiger partial charge in [-0.15, -0.1) is 0 Å². The molecule has 1 N–H and O–H groups in total. The van der Waals surface area contributed by atoms with Gasteiger partial charge in [-0.05, 0) is 36.2 Å². The molecule has 2 aromatic rings. The first-order chi connectivity index (χ1) is 9.92. The average molecular weight is 367 g/mol. The molecule has 6 heteroatoms. The van der Waals surface area contributed by atoms with Crippen molar-refractivity contribution in [1.29, 1.82) is 0 Å². The van der Waals surface area contributed by atoms with Gasteiger partial charge in [0, 0.05) is 5.69 Å². The maximum atomic E-state index is 13.4.